The quantitative estimate of drug-likeness (QED) is 0.844. The molecule has 24 heavy (non-hydrogen) atoms. The van der Waals surface area contributed by atoms with Crippen molar-refractivity contribution in [3.05, 3.63) is 89.5 Å². The summed E-state index contributed by atoms with van der Waals surface area (Å²) in [6, 6.07) is 20.3. The van der Waals surface area contributed by atoms with E-state index in [0.717, 1.165) is 24.0 Å². The molecular weight excluding hydrogens is 296 g/mol. The first-order valence-corrected chi connectivity index (χ1v) is 8.39. The van der Waals surface area contributed by atoms with Gasteiger partial charge in [-0.05, 0) is 41.4 Å². The van der Waals surface area contributed by atoms with Gasteiger partial charge in [-0.15, -0.1) is 0 Å². The van der Waals surface area contributed by atoms with Crippen molar-refractivity contribution in [2.24, 2.45) is 11.8 Å². The van der Waals surface area contributed by atoms with E-state index in [-0.39, 0.29) is 0 Å². The fraction of sp³-hybridized carbons (Fsp3) is 0.227. The summed E-state index contributed by atoms with van der Waals surface area (Å²) in [7, 11) is 0. The highest BCUT2D eigenvalue weighted by Gasteiger charge is 2.25. The maximum Gasteiger partial charge on any atom is 0.335 e. The Morgan fingerprint density at radius 3 is 2.33 bits per heavy atom. The molecule has 0 saturated carbocycles. The number of hydrogen-bond donors (Lipinski definition) is 1. The van der Waals surface area contributed by atoms with Crippen LogP contribution in [-0.2, 0) is 11.2 Å². The number of aliphatic carboxylic acids is 1. The highest BCUT2D eigenvalue weighted by molar-refractivity contribution is 6.00. The Hall–Kier alpha value is -2.61. The van der Waals surface area contributed by atoms with Gasteiger partial charge in [0.25, 0.3) is 0 Å². The van der Waals surface area contributed by atoms with Gasteiger partial charge < -0.3 is 5.11 Å². The average Bonchev–Trinajstić information content (AvgIpc) is 2.62. The zero-order valence-corrected chi connectivity index (χ0v) is 13.9. The summed E-state index contributed by atoms with van der Waals surface area (Å²) in [5.74, 6) is -0.0412. The second-order valence-corrected chi connectivity index (χ2v) is 6.46. The third-order valence-corrected chi connectivity index (χ3v) is 4.76. The third kappa shape index (κ3) is 3.65. The minimum atomic E-state index is -0.848. The summed E-state index contributed by atoms with van der Waals surface area (Å²) in [5, 5.41) is 9.52. The van der Waals surface area contributed by atoms with Crippen LogP contribution >= 0.6 is 0 Å². The van der Waals surface area contributed by atoms with Crippen LogP contribution in [0.3, 0.4) is 0 Å². The number of carboxylic acids is 1. The van der Waals surface area contributed by atoms with Crippen LogP contribution in [0.1, 0.15) is 24.5 Å². The molecule has 2 aromatic rings. The summed E-state index contributed by atoms with van der Waals surface area (Å²) in [4.78, 5) is 11.6. The molecule has 122 valence electrons. The lowest BCUT2D eigenvalue weighted by molar-refractivity contribution is -0.132. The highest BCUT2D eigenvalue weighted by Crippen LogP contribution is 2.36. The number of rotatable bonds is 5. The first-order chi connectivity index (χ1) is 11.6. The van der Waals surface area contributed by atoms with E-state index in [0.29, 0.717) is 17.4 Å². The van der Waals surface area contributed by atoms with Gasteiger partial charge in [0.2, 0.25) is 0 Å². The maximum atomic E-state index is 11.6. The summed E-state index contributed by atoms with van der Waals surface area (Å²) in [5.41, 5.74) is 3.70. The van der Waals surface area contributed by atoms with Crippen LogP contribution in [-0.4, -0.2) is 11.1 Å². The van der Waals surface area contributed by atoms with Gasteiger partial charge in [0.15, 0.2) is 0 Å². The summed E-state index contributed by atoms with van der Waals surface area (Å²) < 4.78 is 0. The first kappa shape index (κ1) is 16.3. The normalized spacial score (nSPS) is 18.5. The Morgan fingerprint density at radius 2 is 1.71 bits per heavy atom. The Labute approximate surface area is 143 Å². The van der Waals surface area contributed by atoms with Gasteiger partial charge in [-0.1, -0.05) is 79.7 Å². The summed E-state index contributed by atoms with van der Waals surface area (Å²) >= 11 is 0. The lowest BCUT2D eigenvalue weighted by atomic mass is 9.78. The van der Waals surface area contributed by atoms with E-state index in [1.165, 1.54) is 5.56 Å². The lowest BCUT2D eigenvalue weighted by Gasteiger charge is -2.26. The van der Waals surface area contributed by atoms with Crippen molar-refractivity contribution in [1.82, 2.24) is 0 Å². The number of carboxylic acid groups (broad SMARTS) is 1. The van der Waals surface area contributed by atoms with E-state index in [2.05, 4.69) is 37.3 Å². The Morgan fingerprint density at radius 1 is 1.08 bits per heavy atom. The molecule has 1 aliphatic carbocycles. The van der Waals surface area contributed by atoms with Gasteiger partial charge in [-0.25, -0.2) is 4.79 Å². The second kappa shape index (κ2) is 7.31. The van der Waals surface area contributed by atoms with Crippen LogP contribution in [0.15, 0.2) is 78.4 Å². The van der Waals surface area contributed by atoms with Crippen LogP contribution in [0.2, 0.25) is 0 Å². The van der Waals surface area contributed by atoms with Gasteiger partial charge in [-0.3, -0.25) is 0 Å². The van der Waals surface area contributed by atoms with Gasteiger partial charge in [-0.2, -0.15) is 0 Å². The average molecular weight is 318 g/mol. The molecule has 1 aliphatic rings. The molecule has 0 radical (unpaired) electrons. The lowest BCUT2D eigenvalue weighted by Crippen LogP contribution is -2.17. The van der Waals surface area contributed by atoms with Crippen molar-refractivity contribution in [3.63, 3.8) is 0 Å². The topological polar surface area (TPSA) is 37.3 Å². The molecule has 2 unspecified atom stereocenters. The van der Waals surface area contributed by atoms with E-state index < -0.39 is 5.97 Å². The molecule has 1 N–H and O–H groups in total. The monoisotopic (exact) mass is 318 g/mol. The summed E-state index contributed by atoms with van der Waals surface area (Å²) in [6.45, 7) is 2.25. The van der Waals surface area contributed by atoms with Crippen LogP contribution in [0.4, 0.5) is 0 Å². The van der Waals surface area contributed by atoms with E-state index >= 15 is 0 Å². The Kier molecular flexibility index (Phi) is 4.95. The SMILES string of the molecule is CC(Cc1ccccc1)C1C=CC(C(=O)O)=C(c2ccccc2)C1. The van der Waals surface area contributed by atoms with Crippen LogP contribution < -0.4 is 0 Å². The van der Waals surface area contributed by atoms with Crippen molar-refractivity contribution in [1.29, 1.82) is 0 Å². The third-order valence-electron chi connectivity index (χ3n) is 4.76. The molecule has 2 aromatic carbocycles. The molecule has 0 aromatic heterocycles. The minimum absolute atomic E-state index is 0.350. The predicted molar refractivity (Wildman–Crippen MR) is 97.6 cm³/mol. The molecule has 0 heterocycles. The van der Waals surface area contributed by atoms with Gasteiger partial charge >= 0.3 is 5.97 Å². The fourth-order valence-electron chi connectivity index (χ4n) is 3.38. The predicted octanol–water partition coefficient (Wildman–Crippen LogP) is 4.98. The molecule has 3 rings (SSSR count). The maximum absolute atomic E-state index is 11.6. The summed E-state index contributed by atoms with van der Waals surface area (Å²) in [6.07, 6.45) is 5.64. The van der Waals surface area contributed by atoms with E-state index in [1.54, 1.807) is 6.08 Å². The van der Waals surface area contributed by atoms with E-state index in [4.69, 9.17) is 0 Å². The number of hydrogen-bond acceptors (Lipinski definition) is 1. The van der Waals surface area contributed by atoms with E-state index in [1.807, 2.05) is 36.4 Å². The minimum Gasteiger partial charge on any atom is -0.478 e. The molecule has 0 saturated heterocycles. The van der Waals surface area contributed by atoms with Crippen LogP contribution in [0.25, 0.3) is 5.57 Å². The molecule has 2 atom stereocenters. The molecular formula is C22H22O2. The fourth-order valence-corrected chi connectivity index (χ4v) is 3.38. The van der Waals surface area contributed by atoms with Crippen molar-refractivity contribution in [2.45, 2.75) is 19.8 Å². The molecule has 0 bridgehead atoms. The van der Waals surface area contributed by atoms with E-state index in [9.17, 15) is 9.90 Å². The van der Waals surface area contributed by atoms with Crippen molar-refractivity contribution in [2.75, 3.05) is 0 Å². The van der Waals surface area contributed by atoms with Gasteiger partial charge in [0, 0.05) is 0 Å². The van der Waals surface area contributed by atoms with Crippen molar-refractivity contribution >= 4 is 11.5 Å². The largest absolute Gasteiger partial charge is 0.478 e. The standard InChI is InChI=1S/C22H22O2/c1-16(14-17-8-4-2-5-9-17)19-12-13-20(22(23)24)21(15-19)18-10-6-3-7-11-18/h2-13,16,19H,14-15H2,1H3,(H,23,24). The van der Waals surface area contributed by atoms with Gasteiger partial charge in [0.1, 0.15) is 0 Å². The molecule has 0 amide bonds. The molecule has 0 fully saturated rings. The molecule has 2 heteroatoms. The van der Waals surface area contributed by atoms with Crippen LogP contribution in [0.5, 0.6) is 0 Å². The molecule has 0 aliphatic heterocycles. The smallest absolute Gasteiger partial charge is 0.335 e. The Balaban J connectivity index is 1.82. The molecule has 0 spiro atoms. The zero-order valence-electron chi connectivity index (χ0n) is 13.9. The van der Waals surface area contributed by atoms with Crippen molar-refractivity contribution in [3.8, 4) is 0 Å². The first-order valence-electron chi connectivity index (χ1n) is 8.39. The second-order valence-electron chi connectivity index (χ2n) is 6.46. The number of carbonyl (C=O) groups is 1. The molecule has 2 nitrogen and oxygen atoms in total. The number of benzene rings is 2. The van der Waals surface area contributed by atoms with Crippen LogP contribution in [0, 0.1) is 11.8 Å². The highest BCUT2D eigenvalue weighted by atomic mass is 16.4. The number of allylic oxidation sites excluding steroid dienone is 2. The van der Waals surface area contributed by atoms with Gasteiger partial charge in [0.05, 0.1) is 5.57 Å². The van der Waals surface area contributed by atoms with Crippen molar-refractivity contribution < 1.29 is 9.90 Å². The Bertz CT molecular complexity index is 757. The zero-order chi connectivity index (χ0) is 16.9.